The minimum absolute atomic E-state index is 0.647. The summed E-state index contributed by atoms with van der Waals surface area (Å²) in [7, 11) is 0. The van der Waals surface area contributed by atoms with Gasteiger partial charge in [-0.2, -0.15) is 0 Å². The summed E-state index contributed by atoms with van der Waals surface area (Å²) < 4.78 is 2.53. The van der Waals surface area contributed by atoms with Crippen molar-refractivity contribution in [2.24, 2.45) is 0 Å². The van der Waals surface area contributed by atoms with Crippen LogP contribution >= 0.6 is 11.3 Å². The Balaban J connectivity index is 1.03. The zero-order chi connectivity index (χ0) is 39.1. The molecule has 0 N–H and O–H groups in total. The highest BCUT2D eigenvalue weighted by Crippen LogP contribution is 2.45. The lowest BCUT2D eigenvalue weighted by Crippen LogP contribution is -2.00. The van der Waals surface area contributed by atoms with E-state index in [9.17, 15) is 0 Å². The highest BCUT2D eigenvalue weighted by molar-refractivity contribution is 7.26. The van der Waals surface area contributed by atoms with Gasteiger partial charge in [0.05, 0.1) is 0 Å². The standard InChI is InChI=1S/C55H35N3S/c1-5-16-36(17-6-1)43-31-44(37-18-7-2-8-19-37)33-45(32-43)49-35-51-52(47-27-14-13-26-46(47)49)48-29-28-41(34-50(48)59-51)40-24-15-25-42(30-40)55-57-53(38-20-9-3-10-21-38)56-54(58-55)39-22-11-4-12-23-39/h1-35H. The lowest BCUT2D eigenvalue weighted by Gasteiger charge is -2.14. The first-order chi connectivity index (χ1) is 29.2. The van der Waals surface area contributed by atoms with Crippen LogP contribution in [0.25, 0.3) is 110 Å². The van der Waals surface area contributed by atoms with Gasteiger partial charge in [0.1, 0.15) is 0 Å². The van der Waals surface area contributed by atoms with E-state index in [2.05, 4.69) is 152 Å². The Morgan fingerprint density at radius 1 is 0.254 bits per heavy atom. The molecule has 0 saturated heterocycles. The second-order valence-corrected chi connectivity index (χ2v) is 15.9. The van der Waals surface area contributed by atoms with Crippen molar-refractivity contribution in [3.05, 3.63) is 212 Å². The largest absolute Gasteiger partial charge is 0.208 e. The first kappa shape index (κ1) is 34.7. The summed E-state index contributed by atoms with van der Waals surface area (Å²) in [5.74, 6) is 1.95. The van der Waals surface area contributed by atoms with Gasteiger partial charge in [-0.3, -0.25) is 0 Å². The van der Waals surface area contributed by atoms with E-state index in [1.165, 1.54) is 64.3 Å². The minimum atomic E-state index is 0.647. The fourth-order valence-electron chi connectivity index (χ4n) is 8.21. The van der Waals surface area contributed by atoms with Crippen LogP contribution in [0.3, 0.4) is 0 Å². The molecule has 0 spiro atoms. The molecular weight excluding hydrogens is 735 g/mol. The first-order valence-electron chi connectivity index (χ1n) is 19.8. The van der Waals surface area contributed by atoms with Crippen molar-refractivity contribution in [2.75, 3.05) is 0 Å². The van der Waals surface area contributed by atoms with Gasteiger partial charge in [-0.25, -0.2) is 15.0 Å². The quantitative estimate of drug-likeness (QED) is 0.162. The summed E-state index contributed by atoms with van der Waals surface area (Å²) in [6.07, 6.45) is 0. The lowest BCUT2D eigenvalue weighted by atomic mass is 9.90. The smallest absolute Gasteiger partial charge is 0.164 e. The Bertz CT molecular complexity index is 3190. The molecule has 4 heteroatoms. The molecule has 276 valence electrons. The Labute approximate surface area is 346 Å². The van der Waals surface area contributed by atoms with Crippen LogP contribution in [0.5, 0.6) is 0 Å². The van der Waals surface area contributed by atoms with Crippen molar-refractivity contribution in [1.29, 1.82) is 0 Å². The summed E-state index contributed by atoms with van der Waals surface area (Å²) in [5.41, 5.74) is 12.4. The molecule has 9 aromatic carbocycles. The number of hydrogen-bond donors (Lipinski definition) is 0. The van der Waals surface area contributed by atoms with Crippen molar-refractivity contribution in [3.63, 3.8) is 0 Å². The van der Waals surface area contributed by atoms with Gasteiger partial charge in [-0.05, 0) is 91.7 Å². The molecule has 0 radical (unpaired) electrons. The maximum absolute atomic E-state index is 5.00. The van der Waals surface area contributed by atoms with Crippen molar-refractivity contribution in [3.8, 4) is 78.7 Å². The van der Waals surface area contributed by atoms with Crippen LogP contribution in [0.1, 0.15) is 0 Å². The van der Waals surface area contributed by atoms with Crippen molar-refractivity contribution in [2.45, 2.75) is 0 Å². The van der Waals surface area contributed by atoms with Gasteiger partial charge in [0.25, 0.3) is 0 Å². The average molecular weight is 770 g/mol. The van der Waals surface area contributed by atoms with E-state index in [-0.39, 0.29) is 0 Å². The molecule has 0 atom stereocenters. The third-order valence-corrected chi connectivity index (χ3v) is 12.2. The molecule has 2 aromatic heterocycles. The van der Waals surface area contributed by atoms with Crippen LogP contribution in [0.15, 0.2) is 212 Å². The molecular formula is C55H35N3S. The van der Waals surface area contributed by atoms with Gasteiger partial charge in [0.15, 0.2) is 17.5 Å². The predicted octanol–water partition coefficient (Wildman–Crippen LogP) is 15.1. The van der Waals surface area contributed by atoms with Crippen LogP contribution < -0.4 is 0 Å². The van der Waals surface area contributed by atoms with E-state index in [0.29, 0.717) is 17.5 Å². The fourth-order valence-corrected chi connectivity index (χ4v) is 9.41. The molecule has 11 aromatic rings. The Morgan fingerprint density at radius 3 is 1.29 bits per heavy atom. The van der Waals surface area contributed by atoms with Gasteiger partial charge in [-0.1, -0.05) is 176 Å². The molecule has 59 heavy (non-hydrogen) atoms. The van der Waals surface area contributed by atoms with E-state index >= 15 is 0 Å². The zero-order valence-corrected chi connectivity index (χ0v) is 32.8. The summed E-state index contributed by atoms with van der Waals surface area (Å²) in [6, 6.07) is 75.4. The molecule has 0 unspecified atom stereocenters. The van der Waals surface area contributed by atoms with E-state index < -0.39 is 0 Å². The highest BCUT2D eigenvalue weighted by atomic mass is 32.1. The molecule has 2 heterocycles. The van der Waals surface area contributed by atoms with Crippen molar-refractivity contribution >= 4 is 42.3 Å². The summed E-state index contributed by atoms with van der Waals surface area (Å²) in [6.45, 7) is 0. The molecule has 0 aliphatic heterocycles. The summed E-state index contributed by atoms with van der Waals surface area (Å²) in [4.78, 5) is 14.9. The normalized spacial score (nSPS) is 11.4. The Morgan fingerprint density at radius 2 is 0.695 bits per heavy atom. The second kappa shape index (κ2) is 14.8. The number of aromatic nitrogens is 3. The zero-order valence-electron chi connectivity index (χ0n) is 32.0. The molecule has 3 nitrogen and oxygen atoms in total. The number of hydrogen-bond acceptors (Lipinski definition) is 4. The van der Waals surface area contributed by atoms with E-state index in [4.69, 9.17) is 15.0 Å². The average Bonchev–Trinajstić information content (AvgIpc) is 3.70. The van der Waals surface area contributed by atoms with Crippen LogP contribution in [-0.2, 0) is 0 Å². The van der Waals surface area contributed by atoms with Gasteiger partial charge in [0, 0.05) is 36.9 Å². The molecule has 0 aliphatic carbocycles. The molecule has 0 fully saturated rings. The topological polar surface area (TPSA) is 38.7 Å². The predicted molar refractivity (Wildman–Crippen MR) is 248 cm³/mol. The Hall–Kier alpha value is -7.53. The second-order valence-electron chi connectivity index (χ2n) is 14.8. The van der Waals surface area contributed by atoms with Crippen molar-refractivity contribution < 1.29 is 0 Å². The maximum Gasteiger partial charge on any atom is 0.164 e. The van der Waals surface area contributed by atoms with Crippen LogP contribution in [0.4, 0.5) is 0 Å². The summed E-state index contributed by atoms with van der Waals surface area (Å²) >= 11 is 1.86. The number of thiophene rings is 1. The first-order valence-corrected chi connectivity index (χ1v) is 20.7. The van der Waals surface area contributed by atoms with E-state index in [0.717, 1.165) is 27.8 Å². The van der Waals surface area contributed by atoms with Crippen LogP contribution in [0, 0.1) is 0 Å². The highest BCUT2D eigenvalue weighted by Gasteiger charge is 2.17. The molecule has 0 aliphatic rings. The fraction of sp³-hybridized carbons (Fsp3) is 0. The SMILES string of the molecule is c1ccc(-c2cc(-c3ccccc3)cc(-c3cc4sc5cc(-c6cccc(-c7nc(-c8ccccc8)nc(-c8ccccc8)n7)c6)ccc5c4c4ccccc34)c2)cc1. The lowest BCUT2D eigenvalue weighted by molar-refractivity contribution is 1.07. The van der Waals surface area contributed by atoms with Gasteiger partial charge >= 0.3 is 0 Å². The van der Waals surface area contributed by atoms with Gasteiger partial charge < -0.3 is 0 Å². The third-order valence-electron chi connectivity index (χ3n) is 11.1. The Kier molecular flexibility index (Phi) is 8.68. The monoisotopic (exact) mass is 769 g/mol. The molecule has 11 rings (SSSR count). The van der Waals surface area contributed by atoms with Gasteiger partial charge in [-0.15, -0.1) is 11.3 Å². The maximum atomic E-state index is 5.00. The molecule has 0 amide bonds. The van der Waals surface area contributed by atoms with Crippen molar-refractivity contribution in [1.82, 2.24) is 15.0 Å². The third kappa shape index (κ3) is 6.56. The number of rotatable bonds is 7. The van der Waals surface area contributed by atoms with E-state index in [1.54, 1.807) is 0 Å². The molecule has 0 bridgehead atoms. The number of fused-ring (bicyclic) bond motifs is 5. The van der Waals surface area contributed by atoms with E-state index in [1.807, 2.05) is 72.0 Å². The minimum Gasteiger partial charge on any atom is -0.208 e. The van der Waals surface area contributed by atoms with Gasteiger partial charge in [0.2, 0.25) is 0 Å². The number of nitrogens with zero attached hydrogens (tertiary/aromatic N) is 3. The molecule has 0 saturated carbocycles. The number of benzene rings is 9. The van der Waals surface area contributed by atoms with Crippen LogP contribution in [-0.4, -0.2) is 15.0 Å². The summed E-state index contributed by atoms with van der Waals surface area (Å²) in [5, 5.41) is 5.10. The van der Waals surface area contributed by atoms with Crippen LogP contribution in [0.2, 0.25) is 0 Å².